The molecular weight excluding hydrogens is 312 g/mol. The molecule has 3 rings (SSSR count). The molecule has 0 fully saturated rings. The third kappa shape index (κ3) is 4.20. The van der Waals surface area contributed by atoms with Crippen molar-refractivity contribution < 1.29 is 4.79 Å². The van der Waals surface area contributed by atoms with E-state index in [1.54, 1.807) is 6.21 Å². The third-order valence-corrected chi connectivity index (χ3v) is 3.80. The number of nitrogens with one attached hydrogen (secondary N) is 1. The fourth-order valence-electron chi connectivity index (χ4n) is 2.63. The summed E-state index contributed by atoms with van der Waals surface area (Å²) in [6, 6.07) is 17.7. The van der Waals surface area contributed by atoms with Crippen LogP contribution >= 0.6 is 0 Å². The molecule has 2 aromatic carbocycles. The fourth-order valence-corrected chi connectivity index (χ4v) is 2.63. The molecule has 1 heterocycles. The van der Waals surface area contributed by atoms with E-state index in [4.69, 9.17) is 0 Å². The number of hydrogen-bond acceptors (Lipinski definition) is 3. The number of carbonyl (C=O) groups is 1. The van der Waals surface area contributed by atoms with Gasteiger partial charge in [0, 0.05) is 0 Å². The van der Waals surface area contributed by atoms with E-state index >= 15 is 0 Å². The molecule has 1 N–H and O–H groups in total. The Morgan fingerprint density at radius 2 is 1.88 bits per heavy atom. The highest BCUT2D eigenvalue weighted by atomic mass is 16.2. The minimum absolute atomic E-state index is 0.185. The van der Waals surface area contributed by atoms with Crippen LogP contribution in [0.25, 0.3) is 17.1 Å². The van der Waals surface area contributed by atoms with Gasteiger partial charge in [-0.05, 0) is 37.1 Å². The van der Waals surface area contributed by atoms with Crippen LogP contribution in [0.2, 0.25) is 0 Å². The molecule has 0 atom stereocenters. The zero-order chi connectivity index (χ0) is 17.6. The summed E-state index contributed by atoms with van der Waals surface area (Å²) in [6.07, 6.45) is 3.65. The molecule has 0 saturated heterocycles. The Balaban J connectivity index is 1.63. The van der Waals surface area contributed by atoms with Crippen LogP contribution in [0.3, 0.4) is 0 Å². The molecule has 0 saturated carbocycles. The first-order valence-electron chi connectivity index (χ1n) is 8.10. The van der Waals surface area contributed by atoms with E-state index in [0.29, 0.717) is 0 Å². The molecule has 0 unspecified atom stereocenters. The van der Waals surface area contributed by atoms with Crippen LogP contribution in [-0.4, -0.2) is 21.7 Å². The summed E-state index contributed by atoms with van der Waals surface area (Å²) >= 11 is 0. The van der Waals surface area contributed by atoms with Gasteiger partial charge < -0.3 is 4.57 Å². The molecule has 126 valence electrons. The van der Waals surface area contributed by atoms with Gasteiger partial charge in [-0.15, -0.1) is 0 Å². The molecule has 0 aliphatic rings. The van der Waals surface area contributed by atoms with Gasteiger partial charge in [0.2, 0.25) is 0 Å². The average molecular weight is 332 g/mol. The Morgan fingerprint density at radius 3 is 2.68 bits per heavy atom. The van der Waals surface area contributed by atoms with E-state index in [1.807, 2.05) is 79.1 Å². The van der Waals surface area contributed by atoms with Gasteiger partial charge in [0.05, 0.1) is 17.2 Å². The summed E-state index contributed by atoms with van der Waals surface area (Å²) in [4.78, 5) is 16.6. The van der Waals surface area contributed by atoms with Crippen molar-refractivity contribution in [3.05, 3.63) is 71.6 Å². The van der Waals surface area contributed by atoms with Gasteiger partial charge in [-0.1, -0.05) is 48.5 Å². The lowest BCUT2D eigenvalue weighted by molar-refractivity contribution is -0.121. The highest BCUT2D eigenvalue weighted by Gasteiger charge is 2.09. The summed E-state index contributed by atoms with van der Waals surface area (Å²) in [5.41, 5.74) is 6.45. The minimum atomic E-state index is -0.185. The topological polar surface area (TPSA) is 59.3 Å². The zero-order valence-corrected chi connectivity index (χ0v) is 14.3. The number of benzene rings is 2. The number of imidazole rings is 1. The standard InChI is InChI=1S/C20H20N4O/c1-15(12-17-8-4-3-5-9-17)13-21-23-20(25)14-24-16(2)22-18-10-6-7-11-19(18)24/h3-13H,14H2,1-2H3,(H,23,25)/b15-12+,21-13+. The second-order valence-corrected chi connectivity index (χ2v) is 5.83. The number of para-hydroxylation sites is 2. The molecular formula is C20H20N4O. The Hall–Kier alpha value is -3.21. The van der Waals surface area contributed by atoms with Crippen LogP contribution in [-0.2, 0) is 11.3 Å². The maximum atomic E-state index is 12.2. The maximum Gasteiger partial charge on any atom is 0.260 e. The number of hydrazone groups is 1. The maximum absolute atomic E-state index is 12.2. The van der Waals surface area contributed by atoms with Crippen molar-refractivity contribution in [3.63, 3.8) is 0 Å². The summed E-state index contributed by atoms with van der Waals surface area (Å²) in [6.45, 7) is 4.02. The zero-order valence-electron chi connectivity index (χ0n) is 14.3. The Morgan fingerprint density at radius 1 is 1.16 bits per heavy atom. The normalized spacial score (nSPS) is 12.0. The average Bonchev–Trinajstić information content (AvgIpc) is 2.91. The first-order chi connectivity index (χ1) is 12.1. The molecule has 1 amide bonds. The summed E-state index contributed by atoms with van der Waals surface area (Å²) in [5.74, 6) is 0.621. The van der Waals surface area contributed by atoms with Gasteiger partial charge in [0.25, 0.3) is 5.91 Å². The fraction of sp³-hybridized carbons (Fsp3) is 0.150. The van der Waals surface area contributed by atoms with E-state index in [9.17, 15) is 4.79 Å². The number of nitrogens with zero attached hydrogens (tertiary/aromatic N) is 3. The molecule has 5 nitrogen and oxygen atoms in total. The Kier molecular flexibility index (Phi) is 5.04. The number of rotatable bonds is 5. The second kappa shape index (κ2) is 7.57. The Labute approximate surface area is 146 Å². The molecule has 0 bridgehead atoms. The van der Waals surface area contributed by atoms with Crippen molar-refractivity contribution in [3.8, 4) is 0 Å². The van der Waals surface area contributed by atoms with Gasteiger partial charge in [-0.3, -0.25) is 4.79 Å². The third-order valence-electron chi connectivity index (χ3n) is 3.80. The van der Waals surface area contributed by atoms with E-state index in [2.05, 4.69) is 15.5 Å². The quantitative estimate of drug-likeness (QED) is 0.574. The number of allylic oxidation sites excluding steroid dienone is 1. The van der Waals surface area contributed by atoms with Crippen molar-refractivity contribution in [1.29, 1.82) is 0 Å². The van der Waals surface area contributed by atoms with Crippen LogP contribution in [0.1, 0.15) is 18.3 Å². The minimum Gasteiger partial charge on any atom is -0.319 e. The van der Waals surface area contributed by atoms with Crippen LogP contribution in [0, 0.1) is 6.92 Å². The number of fused-ring (bicyclic) bond motifs is 1. The smallest absolute Gasteiger partial charge is 0.260 e. The summed E-state index contributed by atoms with van der Waals surface area (Å²) in [5, 5.41) is 4.03. The molecule has 25 heavy (non-hydrogen) atoms. The van der Waals surface area contributed by atoms with E-state index in [0.717, 1.165) is 28.0 Å². The van der Waals surface area contributed by atoms with Crippen molar-refractivity contribution in [2.24, 2.45) is 5.10 Å². The van der Waals surface area contributed by atoms with E-state index in [1.165, 1.54) is 0 Å². The van der Waals surface area contributed by atoms with Crippen LogP contribution in [0.4, 0.5) is 0 Å². The first kappa shape index (κ1) is 16.6. The van der Waals surface area contributed by atoms with Gasteiger partial charge >= 0.3 is 0 Å². The molecule has 5 heteroatoms. The second-order valence-electron chi connectivity index (χ2n) is 5.83. The predicted molar refractivity (Wildman–Crippen MR) is 101 cm³/mol. The Bertz CT molecular complexity index is 939. The van der Waals surface area contributed by atoms with Crippen LogP contribution in [0.5, 0.6) is 0 Å². The highest BCUT2D eigenvalue weighted by molar-refractivity contribution is 5.86. The molecule has 0 aliphatic heterocycles. The van der Waals surface area contributed by atoms with Gasteiger partial charge in [0.15, 0.2) is 0 Å². The molecule has 0 radical (unpaired) electrons. The van der Waals surface area contributed by atoms with Gasteiger partial charge in [-0.25, -0.2) is 10.4 Å². The van der Waals surface area contributed by atoms with Crippen molar-refractivity contribution in [2.75, 3.05) is 0 Å². The number of carbonyl (C=O) groups excluding carboxylic acids is 1. The largest absolute Gasteiger partial charge is 0.319 e. The lowest BCUT2D eigenvalue weighted by Crippen LogP contribution is -2.23. The van der Waals surface area contributed by atoms with Gasteiger partial charge in [-0.2, -0.15) is 5.10 Å². The van der Waals surface area contributed by atoms with E-state index in [-0.39, 0.29) is 12.5 Å². The number of hydrogen-bond donors (Lipinski definition) is 1. The number of amides is 1. The molecule has 0 aliphatic carbocycles. The lowest BCUT2D eigenvalue weighted by atomic mass is 10.1. The molecule has 3 aromatic rings. The van der Waals surface area contributed by atoms with Crippen molar-refractivity contribution in [1.82, 2.24) is 15.0 Å². The highest BCUT2D eigenvalue weighted by Crippen LogP contribution is 2.15. The first-order valence-corrected chi connectivity index (χ1v) is 8.10. The number of aromatic nitrogens is 2. The summed E-state index contributed by atoms with van der Waals surface area (Å²) < 4.78 is 1.88. The SMILES string of the molecule is CC(/C=N/NC(=O)Cn1c(C)nc2ccccc21)=C\c1ccccc1. The van der Waals surface area contributed by atoms with E-state index < -0.39 is 0 Å². The van der Waals surface area contributed by atoms with Gasteiger partial charge in [0.1, 0.15) is 12.4 Å². The van der Waals surface area contributed by atoms with Crippen molar-refractivity contribution in [2.45, 2.75) is 20.4 Å². The molecule has 1 aromatic heterocycles. The lowest BCUT2D eigenvalue weighted by Gasteiger charge is -2.05. The summed E-state index contributed by atoms with van der Waals surface area (Å²) in [7, 11) is 0. The predicted octanol–water partition coefficient (Wildman–Crippen LogP) is 3.55. The number of aryl methyl sites for hydroxylation is 1. The van der Waals surface area contributed by atoms with Crippen LogP contribution < -0.4 is 5.43 Å². The molecule has 0 spiro atoms. The van der Waals surface area contributed by atoms with Crippen LogP contribution in [0.15, 0.2) is 65.3 Å². The van der Waals surface area contributed by atoms with Crippen molar-refractivity contribution >= 4 is 29.2 Å². The monoisotopic (exact) mass is 332 g/mol.